The summed E-state index contributed by atoms with van der Waals surface area (Å²) in [7, 11) is 0. The van der Waals surface area contributed by atoms with Gasteiger partial charge in [-0.2, -0.15) is 0 Å². The third-order valence-electron chi connectivity index (χ3n) is 2.39. The van der Waals surface area contributed by atoms with Crippen LogP contribution in [0.1, 0.15) is 11.1 Å². The molecule has 0 fully saturated rings. The first-order chi connectivity index (χ1) is 7.84. The molecule has 4 heteroatoms. The fourth-order valence-corrected chi connectivity index (χ4v) is 1.76. The van der Waals surface area contributed by atoms with Crippen molar-refractivity contribution in [3.63, 3.8) is 0 Å². The van der Waals surface area contributed by atoms with E-state index in [1.807, 2.05) is 24.3 Å². The van der Waals surface area contributed by atoms with E-state index in [1.54, 1.807) is 12.5 Å². The molecule has 2 rings (SSSR count). The Morgan fingerprint density at radius 3 is 2.76 bits per heavy atom. The van der Waals surface area contributed by atoms with Crippen molar-refractivity contribution in [2.75, 3.05) is 6.54 Å². The van der Waals surface area contributed by atoms with E-state index in [9.17, 15) is 0 Å². The zero-order valence-electron chi connectivity index (χ0n) is 9.36. The van der Waals surface area contributed by atoms with E-state index in [0.29, 0.717) is 0 Å². The maximum atomic E-state index is 5.91. The van der Waals surface area contributed by atoms with Crippen molar-refractivity contribution in [2.45, 2.75) is 13.0 Å². The van der Waals surface area contributed by atoms with Crippen molar-refractivity contribution < 1.29 is 4.42 Å². The van der Waals surface area contributed by atoms with E-state index >= 15 is 0 Å². The van der Waals surface area contributed by atoms with E-state index in [0.717, 1.165) is 24.5 Å². The molecule has 0 unspecified atom stereocenters. The summed E-state index contributed by atoms with van der Waals surface area (Å²) in [5, 5.41) is 4.15. The first-order valence-corrected chi connectivity index (χ1v) is 5.68. The lowest BCUT2D eigenvalue weighted by Crippen LogP contribution is -2.16. The quantitative estimate of drug-likeness (QED) is 0.840. The first kappa shape index (κ1) is 14.1. The van der Waals surface area contributed by atoms with Crippen LogP contribution in [0.4, 0.5) is 0 Å². The molecule has 0 aliphatic carbocycles. The van der Waals surface area contributed by atoms with Crippen molar-refractivity contribution in [2.24, 2.45) is 0 Å². The number of hydrogen-bond acceptors (Lipinski definition) is 2. The highest BCUT2D eigenvalue weighted by atomic mass is 35.5. The normalized spacial score (nSPS) is 9.94. The van der Waals surface area contributed by atoms with Crippen LogP contribution in [-0.2, 0) is 13.0 Å². The lowest BCUT2D eigenvalue weighted by atomic mass is 10.1. The van der Waals surface area contributed by atoms with E-state index in [4.69, 9.17) is 16.0 Å². The predicted octanol–water partition coefficient (Wildman–Crippen LogP) is 3.69. The molecule has 92 valence electrons. The Labute approximate surface area is 112 Å². The van der Waals surface area contributed by atoms with Crippen molar-refractivity contribution in [3.8, 4) is 0 Å². The van der Waals surface area contributed by atoms with Crippen LogP contribution in [0, 0.1) is 0 Å². The van der Waals surface area contributed by atoms with Gasteiger partial charge in [0.05, 0.1) is 12.5 Å². The molecule has 17 heavy (non-hydrogen) atoms. The Kier molecular flexibility index (Phi) is 6.12. The van der Waals surface area contributed by atoms with Gasteiger partial charge in [-0.15, -0.1) is 12.4 Å². The zero-order chi connectivity index (χ0) is 11.2. The molecule has 0 aliphatic heterocycles. The summed E-state index contributed by atoms with van der Waals surface area (Å²) in [4.78, 5) is 0. The Balaban J connectivity index is 0.00000144. The third kappa shape index (κ3) is 4.82. The molecular formula is C13H15Cl2NO. The van der Waals surface area contributed by atoms with Crippen molar-refractivity contribution >= 4 is 24.0 Å². The number of nitrogens with one attached hydrogen (secondary N) is 1. The maximum absolute atomic E-state index is 5.91. The lowest BCUT2D eigenvalue weighted by Gasteiger charge is -2.03. The first-order valence-electron chi connectivity index (χ1n) is 5.31. The fraction of sp³-hybridized carbons (Fsp3) is 0.231. The van der Waals surface area contributed by atoms with Gasteiger partial charge in [0.2, 0.25) is 0 Å². The van der Waals surface area contributed by atoms with Gasteiger partial charge in [-0.3, -0.25) is 0 Å². The fourth-order valence-electron chi connectivity index (χ4n) is 1.55. The van der Waals surface area contributed by atoms with E-state index in [2.05, 4.69) is 11.4 Å². The molecule has 1 aromatic heterocycles. The van der Waals surface area contributed by atoms with E-state index in [1.165, 1.54) is 11.1 Å². The van der Waals surface area contributed by atoms with Gasteiger partial charge in [0.1, 0.15) is 0 Å². The molecule has 0 saturated heterocycles. The molecule has 1 aromatic carbocycles. The van der Waals surface area contributed by atoms with Crippen LogP contribution in [0.15, 0.2) is 47.3 Å². The Bertz CT molecular complexity index is 429. The molecule has 1 heterocycles. The van der Waals surface area contributed by atoms with Crippen LogP contribution in [0.2, 0.25) is 5.02 Å². The minimum Gasteiger partial charge on any atom is -0.472 e. The largest absolute Gasteiger partial charge is 0.472 e. The van der Waals surface area contributed by atoms with E-state index in [-0.39, 0.29) is 12.4 Å². The second-order valence-electron chi connectivity index (χ2n) is 3.69. The molecule has 0 atom stereocenters. The standard InChI is InChI=1S/C13H14ClNO.ClH/c14-13-3-1-2-11(8-13)4-6-15-9-12-5-7-16-10-12;/h1-3,5,7-8,10,15H,4,6,9H2;1H. The summed E-state index contributed by atoms with van der Waals surface area (Å²) >= 11 is 5.91. The van der Waals surface area contributed by atoms with Gasteiger partial charge < -0.3 is 9.73 Å². The monoisotopic (exact) mass is 271 g/mol. The van der Waals surface area contributed by atoms with Gasteiger partial charge in [-0.05, 0) is 36.7 Å². The minimum absolute atomic E-state index is 0. The van der Waals surface area contributed by atoms with Crippen molar-refractivity contribution in [1.29, 1.82) is 0 Å². The number of benzene rings is 1. The van der Waals surface area contributed by atoms with Crippen LogP contribution < -0.4 is 5.32 Å². The molecule has 0 spiro atoms. The average molecular weight is 272 g/mol. The predicted molar refractivity (Wildman–Crippen MR) is 72.8 cm³/mol. The molecule has 0 amide bonds. The second kappa shape index (κ2) is 7.38. The highest BCUT2D eigenvalue weighted by Crippen LogP contribution is 2.10. The highest BCUT2D eigenvalue weighted by molar-refractivity contribution is 6.30. The van der Waals surface area contributed by atoms with Crippen molar-refractivity contribution in [1.82, 2.24) is 5.32 Å². The number of rotatable bonds is 5. The molecule has 2 aromatic rings. The summed E-state index contributed by atoms with van der Waals surface area (Å²) in [6.45, 7) is 1.78. The maximum Gasteiger partial charge on any atom is 0.0947 e. The molecule has 1 N–H and O–H groups in total. The number of furan rings is 1. The third-order valence-corrected chi connectivity index (χ3v) is 2.62. The van der Waals surface area contributed by atoms with Crippen LogP contribution in [-0.4, -0.2) is 6.54 Å². The van der Waals surface area contributed by atoms with Gasteiger partial charge in [0.15, 0.2) is 0 Å². The Morgan fingerprint density at radius 2 is 2.06 bits per heavy atom. The topological polar surface area (TPSA) is 25.2 Å². The molecule has 0 aliphatic rings. The van der Waals surface area contributed by atoms with Gasteiger partial charge in [0.25, 0.3) is 0 Å². The van der Waals surface area contributed by atoms with Crippen LogP contribution >= 0.6 is 24.0 Å². The molecular weight excluding hydrogens is 257 g/mol. The summed E-state index contributed by atoms with van der Waals surface area (Å²) in [6, 6.07) is 9.93. The van der Waals surface area contributed by atoms with E-state index < -0.39 is 0 Å². The van der Waals surface area contributed by atoms with Crippen molar-refractivity contribution in [3.05, 3.63) is 59.0 Å². The second-order valence-corrected chi connectivity index (χ2v) is 4.12. The molecule has 0 saturated carbocycles. The number of halogens is 2. The molecule has 2 nitrogen and oxygen atoms in total. The smallest absolute Gasteiger partial charge is 0.0947 e. The highest BCUT2D eigenvalue weighted by Gasteiger charge is 1.96. The average Bonchev–Trinajstić information content (AvgIpc) is 2.77. The van der Waals surface area contributed by atoms with Gasteiger partial charge in [-0.1, -0.05) is 23.7 Å². The minimum atomic E-state index is 0. The summed E-state index contributed by atoms with van der Waals surface area (Å²) in [5.74, 6) is 0. The summed E-state index contributed by atoms with van der Waals surface area (Å²) in [6.07, 6.45) is 4.43. The van der Waals surface area contributed by atoms with Crippen LogP contribution in [0.25, 0.3) is 0 Å². The summed E-state index contributed by atoms with van der Waals surface area (Å²) < 4.78 is 4.99. The lowest BCUT2D eigenvalue weighted by molar-refractivity contribution is 0.560. The van der Waals surface area contributed by atoms with Gasteiger partial charge in [0, 0.05) is 17.1 Å². The zero-order valence-corrected chi connectivity index (χ0v) is 10.9. The van der Waals surface area contributed by atoms with Gasteiger partial charge in [-0.25, -0.2) is 0 Å². The Hall–Kier alpha value is -0.960. The summed E-state index contributed by atoms with van der Waals surface area (Å²) in [5.41, 5.74) is 2.43. The Morgan fingerprint density at radius 1 is 1.18 bits per heavy atom. The number of hydrogen-bond donors (Lipinski definition) is 1. The molecule has 0 radical (unpaired) electrons. The van der Waals surface area contributed by atoms with Crippen LogP contribution in [0.3, 0.4) is 0 Å². The van der Waals surface area contributed by atoms with Crippen LogP contribution in [0.5, 0.6) is 0 Å². The van der Waals surface area contributed by atoms with Gasteiger partial charge >= 0.3 is 0 Å². The SMILES string of the molecule is Cl.Clc1cccc(CCNCc2ccoc2)c1. The molecule has 0 bridgehead atoms.